The molecule has 13 heavy (non-hydrogen) atoms. The molecule has 0 heterocycles. The first kappa shape index (κ1) is 13.2. The summed E-state index contributed by atoms with van der Waals surface area (Å²) in [5.74, 6) is 0.654. The van der Waals surface area contributed by atoms with E-state index in [0.717, 1.165) is 19.3 Å². The second kappa shape index (κ2) is 6.67. The molecule has 0 radical (unpaired) electrons. The number of alkyl halides is 1. The third-order valence-corrected chi connectivity index (χ3v) is 2.96. The van der Waals surface area contributed by atoms with Crippen LogP contribution in [0.2, 0.25) is 0 Å². The quantitative estimate of drug-likeness (QED) is 0.632. The minimum atomic E-state index is -0.196. The van der Waals surface area contributed by atoms with E-state index in [2.05, 4.69) is 20.8 Å². The highest BCUT2D eigenvalue weighted by atomic mass is 35.5. The van der Waals surface area contributed by atoms with Gasteiger partial charge in [0, 0.05) is 5.88 Å². The predicted molar refractivity (Wildman–Crippen MR) is 59.3 cm³/mol. The Hall–Kier alpha value is 0.250. The minimum Gasteiger partial charge on any atom is -0.393 e. The Morgan fingerprint density at radius 3 is 2.38 bits per heavy atom. The van der Waals surface area contributed by atoms with Gasteiger partial charge in [0.1, 0.15) is 0 Å². The van der Waals surface area contributed by atoms with Crippen LogP contribution in [0.5, 0.6) is 0 Å². The number of aliphatic hydroxyl groups excluding tert-OH is 1. The number of aliphatic hydroxyl groups is 1. The first-order valence-electron chi connectivity index (χ1n) is 5.28. The van der Waals surface area contributed by atoms with Crippen LogP contribution in [0.15, 0.2) is 0 Å². The van der Waals surface area contributed by atoms with Gasteiger partial charge in [-0.3, -0.25) is 0 Å². The minimum absolute atomic E-state index is 0.0576. The van der Waals surface area contributed by atoms with E-state index in [9.17, 15) is 5.11 Å². The van der Waals surface area contributed by atoms with E-state index < -0.39 is 0 Å². The lowest BCUT2D eigenvalue weighted by atomic mass is 9.80. The Labute approximate surface area is 87.5 Å². The molecule has 0 aromatic carbocycles. The zero-order valence-corrected chi connectivity index (χ0v) is 9.90. The van der Waals surface area contributed by atoms with Crippen LogP contribution < -0.4 is 0 Å². The molecular formula is C11H23ClO. The van der Waals surface area contributed by atoms with Crippen molar-refractivity contribution >= 4 is 11.6 Å². The molecule has 0 aromatic heterocycles. The molecule has 0 saturated carbocycles. The average molecular weight is 207 g/mol. The Bertz CT molecular complexity index is 123. The molecule has 0 aliphatic heterocycles. The van der Waals surface area contributed by atoms with Gasteiger partial charge in [-0.1, -0.05) is 33.6 Å². The van der Waals surface area contributed by atoms with E-state index in [-0.39, 0.29) is 11.5 Å². The number of unbranched alkanes of at least 4 members (excludes halogenated alkanes) is 1. The lowest BCUT2D eigenvalue weighted by molar-refractivity contribution is 0.0354. The molecule has 0 aromatic rings. The Balaban J connectivity index is 3.80. The summed E-state index contributed by atoms with van der Waals surface area (Å²) < 4.78 is 0. The van der Waals surface area contributed by atoms with E-state index in [1.807, 2.05) is 0 Å². The summed E-state index contributed by atoms with van der Waals surface area (Å²) in [6.45, 7) is 6.46. The largest absolute Gasteiger partial charge is 0.393 e. The fourth-order valence-electron chi connectivity index (χ4n) is 1.46. The molecule has 0 fully saturated rings. The van der Waals surface area contributed by atoms with Crippen LogP contribution in [-0.4, -0.2) is 17.1 Å². The zero-order valence-electron chi connectivity index (χ0n) is 9.15. The normalized spacial score (nSPS) is 14.5. The highest BCUT2D eigenvalue weighted by Crippen LogP contribution is 2.30. The van der Waals surface area contributed by atoms with Gasteiger partial charge in [-0.15, -0.1) is 11.6 Å². The molecular weight excluding hydrogens is 184 g/mol. The van der Waals surface area contributed by atoms with Crippen molar-refractivity contribution in [2.24, 2.45) is 5.41 Å². The molecule has 0 saturated heterocycles. The summed E-state index contributed by atoms with van der Waals surface area (Å²) in [6, 6.07) is 0. The fourth-order valence-corrected chi connectivity index (χ4v) is 1.61. The SMILES string of the molecule is CCCCC(C)(C)[C@@H](O)CCCCl. The third kappa shape index (κ3) is 5.53. The summed E-state index contributed by atoms with van der Waals surface area (Å²) in [5.41, 5.74) is 0.0576. The van der Waals surface area contributed by atoms with Gasteiger partial charge in [0.05, 0.1) is 6.10 Å². The smallest absolute Gasteiger partial charge is 0.0591 e. The van der Waals surface area contributed by atoms with Gasteiger partial charge < -0.3 is 5.11 Å². The van der Waals surface area contributed by atoms with Gasteiger partial charge in [-0.25, -0.2) is 0 Å². The maximum atomic E-state index is 9.88. The van der Waals surface area contributed by atoms with Crippen molar-refractivity contribution in [1.29, 1.82) is 0 Å². The Morgan fingerprint density at radius 1 is 1.31 bits per heavy atom. The summed E-state index contributed by atoms with van der Waals surface area (Å²) in [6.07, 6.45) is 5.06. The first-order valence-corrected chi connectivity index (χ1v) is 5.82. The van der Waals surface area contributed by atoms with Gasteiger partial charge in [-0.2, -0.15) is 0 Å². The predicted octanol–water partition coefficient (Wildman–Crippen LogP) is 3.58. The van der Waals surface area contributed by atoms with Crippen LogP contribution in [0.25, 0.3) is 0 Å². The number of rotatable bonds is 7. The van der Waals surface area contributed by atoms with Gasteiger partial charge in [-0.05, 0) is 24.7 Å². The van der Waals surface area contributed by atoms with Crippen LogP contribution in [0, 0.1) is 5.41 Å². The summed E-state index contributed by atoms with van der Waals surface area (Å²) >= 11 is 5.59. The molecule has 0 bridgehead atoms. The summed E-state index contributed by atoms with van der Waals surface area (Å²) in [7, 11) is 0. The molecule has 0 aliphatic carbocycles. The maximum Gasteiger partial charge on any atom is 0.0591 e. The van der Waals surface area contributed by atoms with Crippen molar-refractivity contribution in [1.82, 2.24) is 0 Å². The van der Waals surface area contributed by atoms with Crippen LogP contribution >= 0.6 is 11.6 Å². The molecule has 1 N–H and O–H groups in total. The maximum absolute atomic E-state index is 9.88. The standard InChI is InChI=1S/C11H23ClO/c1-4-5-8-11(2,3)10(13)7-6-9-12/h10,13H,4-9H2,1-3H3/t10-/m0/s1. The first-order chi connectivity index (χ1) is 6.04. The number of hydrogen-bond donors (Lipinski definition) is 1. The molecule has 1 nitrogen and oxygen atoms in total. The van der Waals surface area contributed by atoms with Crippen molar-refractivity contribution in [3.05, 3.63) is 0 Å². The highest BCUT2D eigenvalue weighted by molar-refractivity contribution is 6.17. The molecule has 0 rings (SSSR count). The summed E-state index contributed by atoms with van der Waals surface area (Å²) in [4.78, 5) is 0. The fraction of sp³-hybridized carbons (Fsp3) is 1.00. The van der Waals surface area contributed by atoms with Gasteiger partial charge in [0.2, 0.25) is 0 Å². The zero-order chi connectivity index (χ0) is 10.3. The molecule has 80 valence electrons. The molecule has 1 atom stereocenters. The monoisotopic (exact) mass is 206 g/mol. The van der Waals surface area contributed by atoms with Crippen LogP contribution in [0.3, 0.4) is 0 Å². The third-order valence-electron chi connectivity index (χ3n) is 2.69. The molecule has 2 heteroatoms. The number of halogens is 1. The van der Waals surface area contributed by atoms with Crippen molar-refractivity contribution in [3.63, 3.8) is 0 Å². The highest BCUT2D eigenvalue weighted by Gasteiger charge is 2.26. The Morgan fingerprint density at radius 2 is 1.92 bits per heavy atom. The van der Waals surface area contributed by atoms with E-state index in [1.54, 1.807) is 0 Å². The van der Waals surface area contributed by atoms with Crippen molar-refractivity contribution < 1.29 is 5.11 Å². The van der Waals surface area contributed by atoms with Crippen molar-refractivity contribution in [2.75, 3.05) is 5.88 Å². The topological polar surface area (TPSA) is 20.2 Å². The molecule has 0 unspecified atom stereocenters. The lowest BCUT2D eigenvalue weighted by Gasteiger charge is -2.30. The van der Waals surface area contributed by atoms with Crippen LogP contribution in [-0.2, 0) is 0 Å². The molecule has 0 spiro atoms. The van der Waals surface area contributed by atoms with Crippen molar-refractivity contribution in [2.45, 2.75) is 59.0 Å². The lowest BCUT2D eigenvalue weighted by Crippen LogP contribution is -2.29. The van der Waals surface area contributed by atoms with E-state index in [0.29, 0.717) is 5.88 Å². The van der Waals surface area contributed by atoms with E-state index >= 15 is 0 Å². The summed E-state index contributed by atoms with van der Waals surface area (Å²) in [5, 5.41) is 9.88. The molecule has 0 amide bonds. The molecule has 0 aliphatic rings. The van der Waals surface area contributed by atoms with Gasteiger partial charge in [0.25, 0.3) is 0 Å². The second-order valence-corrected chi connectivity index (χ2v) is 4.82. The van der Waals surface area contributed by atoms with Gasteiger partial charge in [0.15, 0.2) is 0 Å². The number of hydrogen-bond acceptors (Lipinski definition) is 1. The van der Waals surface area contributed by atoms with Crippen molar-refractivity contribution in [3.8, 4) is 0 Å². The van der Waals surface area contributed by atoms with Crippen LogP contribution in [0.4, 0.5) is 0 Å². The Kier molecular flexibility index (Phi) is 6.79. The second-order valence-electron chi connectivity index (χ2n) is 4.44. The van der Waals surface area contributed by atoms with E-state index in [4.69, 9.17) is 11.6 Å². The average Bonchev–Trinajstić information content (AvgIpc) is 2.10. The van der Waals surface area contributed by atoms with Crippen LogP contribution in [0.1, 0.15) is 52.9 Å². The van der Waals surface area contributed by atoms with Gasteiger partial charge >= 0.3 is 0 Å². The van der Waals surface area contributed by atoms with E-state index in [1.165, 1.54) is 12.8 Å².